The first-order chi connectivity index (χ1) is 11.5. The molecule has 0 aliphatic heterocycles. The van der Waals surface area contributed by atoms with Crippen molar-refractivity contribution in [2.45, 2.75) is 26.3 Å². The van der Waals surface area contributed by atoms with Gasteiger partial charge in [0.25, 0.3) is 11.5 Å². The predicted molar refractivity (Wildman–Crippen MR) is 91.1 cm³/mol. The highest BCUT2D eigenvalue weighted by atomic mass is 16.3. The zero-order valence-electron chi connectivity index (χ0n) is 13.9. The minimum absolute atomic E-state index is 0.0610. The minimum atomic E-state index is -0.177. The molecule has 2 heterocycles. The number of amides is 1. The van der Waals surface area contributed by atoms with Gasteiger partial charge in [-0.05, 0) is 44.2 Å². The Morgan fingerprint density at radius 3 is 2.88 bits per heavy atom. The fraction of sp³-hybridized carbons (Fsp3) is 0.278. The maximum atomic E-state index is 12.4. The van der Waals surface area contributed by atoms with Crippen LogP contribution >= 0.6 is 0 Å². The van der Waals surface area contributed by atoms with Crippen LogP contribution in [0.3, 0.4) is 0 Å². The van der Waals surface area contributed by atoms with Gasteiger partial charge in [-0.15, -0.1) is 0 Å². The summed E-state index contributed by atoms with van der Waals surface area (Å²) in [4.78, 5) is 28.6. The van der Waals surface area contributed by atoms with E-state index in [9.17, 15) is 9.59 Å². The Labute approximate surface area is 139 Å². The molecule has 3 aromatic rings. The first-order valence-corrected chi connectivity index (χ1v) is 7.76. The van der Waals surface area contributed by atoms with E-state index in [0.29, 0.717) is 28.7 Å². The van der Waals surface area contributed by atoms with Crippen LogP contribution < -0.4 is 10.9 Å². The number of benzene rings is 1. The lowest BCUT2D eigenvalue weighted by Gasteiger charge is -2.13. The van der Waals surface area contributed by atoms with Gasteiger partial charge in [-0.2, -0.15) is 0 Å². The van der Waals surface area contributed by atoms with Crippen LogP contribution in [0.15, 0.2) is 45.8 Å². The summed E-state index contributed by atoms with van der Waals surface area (Å²) in [5.41, 5.74) is 2.12. The number of fused-ring (bicyclic) bond motifs is 1. The third-order valence-electron chi connectivity index (χ3n) is 3.97. The number of aryl methyl sites for hydroxylation is 2. The average Bonchev–Trinajstić information content (AvgIpc) is 3.05. The van der Waals surface area contributed by atoms with Gasteiger partial charge in [0.05, 0.1) is 17.3 Å². The minimum Gasteiger partial charge on any atom is -0.469 e. The quantitative estimate of drug-likeness (QED) is 0.798. The third-order valence-corrected chi connectivity index (χ3v) is 3.97. The van der Waals surface area contributed by atoms with Crippen molar-refractivity contribution >= 4 is 16.9 Å². The monoisotopic (exact) mass is 325 g/mol. The Hall–Kier alpha value is -2.89. The highest BCUT2D eigenvalue weighted by molar-refractivity contribution is 5.97. The van der Waals surface area contributed by atoms with Gasteiger partial charge in [-0.1, -0.05) is 0 Å². The molecule has 0 unspecified atom stereocenters. The number of nitrogens with one attached hydrogen (secondary N) is 1. The molecule has 0 saturated heterocycles. The van der Waals surface area contributed by atoms with Crippen molar-refractivity contribution in [1.82, 2.24) is 14.9 Å². The van der Waals surface area contributed by atoms with Crippen LogP contribution in [-0.2, 0) is 13.5 Å². The van der Waals surface area contributed by atoms with Crippen molar-refractivity contribution in [3.63, 3.8) is 0 Å². The number of hydrogen-bond acceptors (Lipinski definition) is 4. The van der Waals surface area contributed by atoms with Crippen molar-refractivity contribution in [1.29, 1.82) is 0 Å². The Kier molecular flexibility index (Phi) is 4.20. The van der Waals surface area contributed by atoms with Crippen LogP contribution in [0.4, 0.5) is 0 Å². The number of rotatable bonds is 4. The van der Waals surface area contributed by atoms with Gasteiger partial charge in [0.1, 0.15) is 11.5 Å². The molecular weight excluding hydrogens is 306 g/mol. The smallest absolute Gasteiger partial charge is 0.272 e. The number of carbonyl (C=O) groups is 1. The van der Waals surface area contributed by atoms with Crippen molar-refractivity contribution in [3.8, 4) is 0 Å². The average molecular weight is 325 g/mol. The summed E-state index contributed by atoms with van der Waals surface area (Å²) in [5, 5.41) is 2.94. The van der Waals surface area contributed by atoms with Gasteiger partial charge >= 0.3 is 0 Å². The Balaban J connectivity index is 1.82. The highest BCUT2D eigenvalue weighted by Crippen LogP contribution is 2.13. The second kappa shape index (κ2) is 6.31. The van der Waals surface area contributed by atoms with Crippen molar-refractivity contribution in [3.05, 3.63) is 64.0 Å². The molecule has 124 valence electrons. The number of nitrogens with zero attached hydrogens (tertiary/aromatic N) is 2. The molecule has 6 heteroatoms. The molecule has 0 fully saturated rings. The molecule has 1 N–H and O–H groups in total. The highest BCUT2D eigenvalue weighted by Gasteiger charge is 2.13. The third kappa shape index (κ3) is 3.08. The number of aromatic nitrogens is 2. The van der Waals surface area contributed by atoms with Crippen LogP contribution in [0, 0.1) is 6.92 Å². The van der Waals surface area contributed by atoms with E-state index in [2.05, 4.69) is 10.3 Å². The predicted octanol–water partition coefficient (Wildman–Crippen LogP) is 2.20. The molecule has 0 bridgehead atoms. The molecule has 1 amide bonds. The summed E-state index contributed by atoms with van der Waals surface area (Å²) in [6.07, 6.45) is 2.24. The normalized spacial score (nSPS) is 12.3. The van der Waals surface area contributed by atoms with E-state index in [4.69, 9.17) is 4.42 Å². The fourth-order valence-corrected chi connectivity index (χ4v) is 2.71. The van der Waals surface area contributed by atoms with Gasteiger partial charge < -0.3 is 14.3 Å². The molecule has 0 saturated carbocycles. The first-order valence-electron chi connectivity index (χ1n) is 7.76. The molecule has 1 atom stereocenters. The standard InChI is InChI=1S/C18H19N3O3/c1-11(9-14-5-4-8-24-14)19-17(22)13-6-7-16-15(10-13)20-12(2)18(23)21(16)3/h4-8,10-11H,9H2,1-3H3,(H,19,22)/t11-/m0/s1. The summed E-state index contributed by atoms with van der Waals surface area (Å²) in [7, 11) is 1.70. The van der Waals surface area contributed by atoms with E-state index in [0.717, 1.165) is 5.76 Å². The second-order valence-electron chi connectivity index (χ2n) is 5.92. The molecule has 0 radical (unpaired) electrons. The van der Waals surface area contributed by atoms with Crippen LogP contribution in [0.2, 0.25) is 0 Å². The molecule has 24 heavy (non-hydrogen) atoms. The van der Waals surface area contributed by atoms with E-state index in [-0.39, 0.29) is 17.5 Å². The lowest BCUT2D eigenvalue weighted by molar-refractivity contribution is 0.0939. The molecule has 0 aliphatic carbocycles. The van der Waals surface area contributed by atoms with Crippen LogP contribution in [-0.4, -0.2) is 21.5 Å². The zero-order valence-corrected chi connectivity index (χ0v) is 13.9. The maximum Gasteiger partial charge on any atom is 0.272 e. The lowest BCUT2D eigenvalue weighted by atomic mass is 10.1. The Morgan fingerprint density at radius 2 is 2.17 bits per heavy atom. The Bertz CT molecular complexity index is 942. The largest absolute Gasteiger partial charge is 0.469 e. The van der Waals surface area contributed by atoms with Crippen LogP contribution in [0.25, 0.3) is 11.0 Å². The second-order valence-corrected chi connectivity index (χ2v) is 5.92. The summed E-state index contributed by atoms with van der Waals surface area (Å²) in [6, 6.07) is 8.80. The van der Waals surface area contributed by atoms with Gasteiger partial charge in [0, 0.05) is 25.1 Å². The van der Waals surface area contributed by atoms with Crippen molar-refractivity contribution < 1.29 is 9.21 Å². The molecular formula is C18H19N3O3. The van der Waals surface area contributed by atoms with E-state index in [1.54, 1.807) is 43.0 Å². The van der Waals surface area contributed by atoms with Crippen molar-refractivity contribution in [2.75, 3.05) is 0 Å². The molecule has 2 aromatic heterocycles. The van der Waals surface area contributed by atoms with E-state index >= 15 is 0 Å². The van der Waals surface area contributed by atoms with Gasteiger partial charge in [-0.25, -0.2) is 4.98 Å². The molecule has 6 nitrogen and oxygen atoms in total. The van der Waals surface area contributed by atoms with E-state index < -0.39 is 0 Å². The summed E-state index contributed by atoms with van der Waals surface area (Å²) >= 11 is 0. The molecule has 1 aromatic carbocycles. The van der Waals surface area contributed by atoms with Crippen LogP contribution in [0.5, 0.6) is 0 Å². The van der Waals surface area contributed by atoms with Crippen LogP contribution in [0.1, 0.15) is 28.7 Å². The van der Waals surface area contributed by atoms with Gasteiger partial charge in [0.2, 0.25) is 0 Å². The van der Waals surface area contributed by atoms with E-state index in [1.807, 2.05) is 19.1 Å². The molecule has 3 rings (SSSR count). The van der Waals surface area contributed by atoms with E-state index in [1.165, 1.54) is 0 Å². The topological polar surface area (TPSA) is 77.1 Å². The molecule has 0 spiro atoms. The first kappa shape index (κ1) is 16.0. The zero-order chi connectivity index (χ0) is 17.3. The lowest BCUT2D eigenvalue weighted by Crippen LogP contribution is -2.34. The number of hydrogen-bond donors (Lipinski definition) is 1. The van der Waals surface area contributed by atoms with Gasteiger partial charge in [-0.3, -0.25) is 9.59 Å². The Morgan fingerprint density at radius 1 is 1.38 bits per heavy atom. The van der Waals surface area contributed by atoms with Crippen molar-refractivity contribution in [2.24, 2.45) is 7.05 Å². The summed E-state index contributed by atoms with van der Waals surface area (Å²) in [5.74, 6) is 0.651. The van der Waals surface area contributed by atoms with Gasteiger partial charge in [0.15, 0.2) is 0 Å². The summed E-state index contributed by atoms with van der Waals surface area (Å²) < 4.78 is 6.83. The maximum absolute atomic E-state index is 12.4. The fourth-order valence-electron chi connectivity index (χ4n) is 2.71. The SMILES string of the molecule is Cc1nc2cc(C(=O)N[C@@H](C)Cc3ccco3)ccc2n(C)c1=O. The number of carbonyl (C=O) groups excluding carboxylic acids is 1. The summed E-state index contributed by atoms with van der Waals surface area (Å²) in [6.45, 7) is 3.59. The number of furan rings is 1. The molecule has 0 aliphatic rings.